The molecule has 7 nitrogen and oxygen atoms in total. The second kappa shape index (κ2) is 9.37. The Hall–Kier alpha value is -4.17. The first kappa shape index (κ1) is 23.2. The van der Waals surface area contributed by atoms with E-state index < -0.39 is 11.5 Å². The molecule has 3 aromatic heterocycles. The maximum atomic E-state index is 13.5. The third kappa shape index (κ3) is 4.34. The maximum absolute atomic E-state index is 13.5. The predicted octanol–water partition coefficient (Wildman–Crippen LogP) is 5.91. The Kier molecular flexibility index (Phi) is 5.88. The number of aryl methyl sites for hydroxylation is 1. The molecule has 6 rings (SSSR count). The van der Waals surface area contributed by atoms with Gasteiger partial charge in [0.15, 0.2) is 0 Å². The molecule has 0 bridgehead atoms. The number of anilines is 1. The van der Waals surface area contributed by atoms with E-state index in [9.17, 15) is 14.7 Å². The van der Waals surface area contributed by atoms with Gasteiger partial charge < -0.3 is 19.4 Å². The largest absolute Gasteiger partial charge is 0.507 e. The Morgan fingerprint density at radius 3 is 2.73 bits per heavy atom. The highest BCUT2D eigenvalue weighted by Gasteiger charge is 2.27. The minimum absolute atomic E-state index is 0.213. The Balaban J connectivity index is 1.30. The van der Waals surface area contributed by atoms with Gasteiger partial charge in [0.25, 0.3) is 11.5 Å². The lowest BCUT2D eigenvalue weighted by Gasteiger charge is -2.23. The maximum Gasteiger partial charge on any atom is 0.267 e. The molecule has 0 unspecified atom stereocenters. The smallest absolute Gasteiger partial charge is 0.267 e. The molecule has 0 fully saturated rings. The van der Waals surface area contributed by atoms with Gasteiger partial charge in [0.2, 0.25) is 0 Å². The van der Waals surface area contributed by atoms with Gasteiger partial charge in [-0.2, -0.15) is 0 Å². The van der Waals surface area contributed by atoms with Gasteiger partial charge in [0.05, 0.1) is 23.0 Å². The number of benzene rings is 2. The predicted molar refractivity (Wildman–Crippen MR) is 145 cm³/mol. The summed E-state index contributed by atoms with van der Waals surface area (Å²) in [6.07, 6.45) is 4.67. The van der Waals surface area contributed by atoms with E-state index in [1.807, 2.05) is 24.3 Å². The van der Waals surface area contributed by atoms with E-state index >= 15 is 0 Å². The highest BCUT2D eigenvalue weighted by atomic mass is 32.1. The van der Waals surface area contributed by atoms with E-state index in [0.29, 0.717) is 29.9 Å². The Bertz CT molecular complexity index is 1680. The molecule has 37 heavy (non-hydrogen) atoms. The molecule has 0 atom stereocenters. The zero-order valence-electron chi connectivity index (χ0n) is 20.3. The average Bonchev–Trinajstić information content (AvgIpc) is 3.57. The number of furan rings is 1. The number of amides is 1. The van der Waals surface area contributed by atoms with Crippen molar-refractivity contribution in [1.29, 1.82) is 0 Å². The van der Waals surface area contributed by atoms with Crippen LogP contribution in [0.4, 0.5) is 5.69 Å². The molecule has 0 spiro atoms. The van der Waals surface area contributed by atoms with E-state index in [4.69, 9.17) is 9.40 Å². The summed E-state index contributed by atoms with van der Waals surface area (Å²) in [7, 11) is 0. The number of pyridine rings is 1. The fourth-order valence-electron chi connectivity index (χ4n) is 4.93. The SMILES string of the molecule is Cc1ccc2nc(-c3ccc(NC(=O)c4c(O)c5c(n(Cc6ccco6)c4=O)CCCC5)cc3)sc2c1. The Labute approximate surface area is 217 Å². The minimum atomic E-state index is -0.632. The quantitative estimate of drug-likeness (QED) is 0.306. The van der Waals surface area contributed by atoms with Gasteiger partial charge in [-0.1, -0.05) is 6.07 Å². The minimum Gasteiger partial charge on any atom is -0.507 e. The molecule has 2 N–H and O–H groups in total. The van der Waals surface area contributed by atoms with Gasteiger partial charge >= 0.3 is 0 Å². The molecule has 2 aromatic carbocycles. The first-order chi connectivity index (χ1) is 18.0. The van der Waals surface area contributed by atoms with E-state index in [-0.39, 0.29) is 17.9 Å². The third-order valence-electron chi connectivity index (χ3n) is 6.80. The molecule has 1 aliphatic rings. The third-order valence-corrected chi connectivity index (χ3v) is 7.87. The lowest BCUT2D eigenvalue weighted by atomic mass is 9.93. The number of thiazole rings is 1. The van der Waals surface area contributed by atoms with Crippen LogP contribution in [0, 0.1) is 6.92 Å². The normalized spacial score (nSPS) is 13.0. The van der Waals surface area contributed by atoms with Gasteiger partial charge in [0.1, 0.15) is 22.1 Å². The highest BCUT2D eigenvalue weighted by Crippen LogP contribution is 2.33. The number of aromatic nitrogens is 2. The highest BCUT2D eigenvalue weighted by molar-refractivity contribution is 7.21. The summed E-state index contributed by atoms with van der Waals surface area (Å²) >= 11 is 1.62. The van der Waals surface area contributed by atoms with Gasteiger partial charge in [-0.15, -0.1) is 11.3 Å². The molecule has 0 saturated carbocycles. The van der Waals surface area contributed by atoms with Crippen LogP contribution in [0.25, 0.3) is 20.8 Å². The van der Waals surface area contributed by atoms with Gasteiger partial charge in [0, 0.05) is 22.5 Å². The van der Waals surface area contributed by atoms with Crippen LogP contribution in [-0.4, -0.2) is 20.6 Å². The first-order valence-electron chi connectivity index (χ1n) is 12.3. The lowest BCUT2D eigenvalue weighted by molar-refractivity contribution is 0.102. The zero-order valence-corrected chi connectivity index (χ0v) is 21.1. The van der Waals surface area contributed by atoms with Crippen molar-refractivity contribution in [3.63, 3.8) is 0 Å². The number of rotatable bonds is 5. The molecule has 186 valence electrons. The van der Waals surface area contributed by atoms with Crippen molar-refractivity contribution in [2.24, 2.45) is 0 Å². The Morgan fingerprint density at radius 2 is 1.95 bits per heavy atom. The van der Waals surface area contributed by atoms with E-state index in [1.54, 1.807) is 46.4 Å². The van der Waals surface area contributed by atoms with Crippen molar-refractivity contribution in [2.45, 2.75) is 39.2 Å². The van der Waals surface area contributed by atoms with Crippen LogP contribution in [0.1, 0.15) is 45.8 Å². The molecule has 3 heterocycles. The summed E-state index contributed by atoms with van der Waals surface area (Å²) in [5.74, 6) is -0.228. The van der Waals surface area contributed by atoms with Crippen molar-refractivity contribution < 1.29 is 14.3 Å². The van der Waals surface area contributed by atoms with E-state index in [2.05, 4.69) is 18.3 Å². The number of carbonyl (C=O) groups is 1. The standard InChI is InChI=1S/C29H25N3O4S/c1-17-8-13-22-24(15-17)37-28(31-22)18-9-11-19(12-10-18)30-27(34)25-26(33)21-6-2-3-7-23(21)32(29(25)35)16-20-5-4-14-36-20/h4-5,8-15,33H,2-3,6-7,16H2,1H3,(H,30,34). The van der Waals surface area contributed by atoms with Crippen LogP contribution in [-0.2, 0) is 19.4 Å². The zero-order chi connectivity index (χ0) is 25.5. The lowest BCUT2D eigenvalue weighted by Crippen LogP contribution is -2.34. The summed E-state index contributed by atoms with van der Waals surface area (Å²) in [6, 6.07) is 17.1. The monoisotopic (exact) mass is 511 g/mol. The summed E-state index contributed by atoms with van der Waals surface area (Å²) in [4.78, 5) is 31.5. The van der Waals surface area contributed by atoms with E-state index in [0.717, 1.165) is 39.3 Å². The molecular formula is C29H25N3O4S. The van der Waals surface area contributed by atoms with Crippen molar-refractivity contribution >= 4 is 33.1 Å². The molecule has 1 aliphatic carbocycles. The van der Waals surface area contributed by atoms with Crippen LogP contribution in [0.15, 0.2) is 70.1 Å². The van der Waals surface area contributed by atoms with Crippen molar-refractivity contribution in [3.8, 4) is 16.3 Å². The second-order valence-electron chi connectivity index (χ2n) is 9.35. The number of aromatic hydroxyl groups is 1. The summed E-state index contributed by atoms with van der Waals surface area (Å²) in [5, 5.41) is 14.7. The fraction of sp³-hybridized carbons (Fsp3) is 0.207. The van der Waals surface area contributed by atoms with Gasteiger partial charge in [-0.05, 0) is 86.7 Å². The van der Waals surface area contributed by atoms with Gasteiger partial charge in [-0.3, -0.25) is 9.59 Å². The number of nitrogens with one attached hydrogen (secondary N) is 1. The number of fused-ring (bicyclic) bond motifs is 2. The van der Waals surface area contributed by atoms with Crippen LogP contribution in [0.5, 0.6) is 5.75 Å². The van der Waals surface area contributed by atoms with Gasteiger partial charge in [-0.25, -0.2) is 4.98 Å². The van der Waals surface area contributed by atoms with Crippen LogP contribution < -0.4 is 10.9 Å². The molecule has 1 amide bonds. The second-order valence-corrected chi connectivity index (χ2v) is 10.4. The molecule has 0 radical (unpaired) electrons. The van der Waals surface area contributed by atoms with Crippen LogP contribution in [0.2, 0.25) is 0 Å². The number of hydrogen-bond donors (Lipinski definition) is 2. The van der Waals surface area contributed by atoms with E-state index in [1.165, 1.54) is 5.56 Å². The summed E-state index contributed by atoms with van der Waals surface area (Å²) < 4.78 is 8.15. The average molecular weight is 512 g/mol. The summed E-state index contributed by atoms with van der Waals surface area (Å²) in [5.41, 5.74) is 4.30. The number of carbonyl (C=O) groups excluding carboxylic acids is 1. The Morgan fingerprint density at radius 1 is 1.14 bits per heavy atom. The molecular weight excluding hydrogens is 486 g/mol. The molecule has 8 heteroatoms. The summed E-state index contributed by atoms with van der Waals surface area (Å²) in [6.45, 7) is 2.27. The fourth-order valence-corrected chi connectivity index (χ4v) is 6.00. The van der Waals surface area contributed by atoms with Crippen LogP contribution in [0.3, 0.4) is 0 Å². The topological polar surface area (TPSA) is 97.4 Å². The number of hydrogen-bond acceptors (Lipinski definition) is 6. The first-order valence-corrected chi connectivity index (χ1v) is 13.1. The van der Waals surface area contributed by atoms with Crippen LogP contribution >= 0.6 is 11.3 Å². The van der Waals surface area contributed by atoms with Crippen molar-refractivity contribution in [3.05, 3.63) is 99.4 Å². The number of nitrogens with zero attached hydrogens (tertiary/aromatic N) is 2. The molecule has 5 aromatic rings. The van der Waals surface area contributed by atoms with Crippen molar-refractivity contribution in [2.75, 3.05) is 5.32 Å². The molecule has 0 saturated heterocycles. The van der Waals surface area contributed by atoms with Crippen molar-refractivity contribution in [1.82, 2.24) is 9.55 Å². The molecule has 0 aliphatic heterocycles.